The zero-order chi connectivity index (χ0) is 15.4. The Labute approximate surface area is 111 Å². The van der Waals surface area contributed by atoms with Crippen molar-refractivity contribution in [3.05, 3.63) is 35.9 Å². The van der Waals surface area contributed by atoms with Crippen LogP contribution >= 0.6 is 0 Å². The van der Waals surface area contributed by atoms with E-state index in [-0.39, 0.29) is 5.56 Å². The van der Waals surface area contributed by atoms with Gasteiger partial charge < -0.3 is 4.84 Å². The van der Waals surface area contributed by atoms with Crippen LogP contribution in [0.25, 0.3) is 0 Å². The summed E-state index contributed by atoms with van der Waals surface area (Å²) in [6.45, 7) is 0. The molecule has 0 aliphatic rings. The van der Waals surface area contributed by atoms with Crippen molar-refractivity contribution in [2.45, 2.75) is 11.6 Å². The molecule has 1 unspecified atom stereocenters. The number of rotatable bonds is 4. The summed E-state index contributed by atoms with van der Waals surface area (Å²) in [5.74, 6) is 0. The first-order chi connectivity index (χ1) is 9.16. The van der Waals surface area contributed by atoms with Gasteiger partial charge in [-0.15, -0.1) is 0 Å². The highest BCUT2D eigenvalue weighted by Crippen LogP contribution is 2.26. The minimum absolute atomic E-state index is 0.131. The average molecular weight is 308 g/mol. The van der Waals surface area contributed by atoms with Gasteiger partial charge in [0.25, 0.3) is 0 Å². The summed E-state index contributed by atoms with van der Waals surface area (Å²) in [6.07, 6.45) is -5.39. The van der Waals surface area contributed by atoms with Crippen LogP contribution < -0.4 is 0 Å². The van der Waals surface area contributed by atoms with E-state index in [0.717, 1.165) is 0 Å². The molecular weight excluding hydrogens is 301 g/mol. The zero-order valence-corrected chi connectivity index (χ0v) is 10.4. The molecule has 0 saturated heterocycles. The number of nitriles is 1. The third-order valence-electron chi connectivity index (χ3n) is 1.93. The van der Waals surface area contributed by atoms with E-state index < -0.39 is 27.4 Å². The maximum Gasteiger partial charge on any atom is 0.445 e. The first-order valence-electron chi connectivity index (χ1n) is 4.88. The van der Waals surface area contributed by atoms with E-state index in [4.69, 9.17) is 9.81 Å². The summed E-state index contributed by atoms with van der Waals surface area (Å²) in [6, 6.07) is 8.76. The van der Waals surface area contributed by atoms with Gasteiger partial charge in [0.1, 0.15) is 6.07 Å². The molecule has 0 aromatic heterocycles. The van der Waals surface area contributed by atoms with Crippen molar-refractivity contribution in [1.29, 1.82) is 5.26 Å². The third kappa shape index (κ3) is 4.22. The molecule has 108 valence electrons. The Bertz CT molecular complexity index is 635. The standard InChI is InChI=1S/C10H7F3N2O4S/c11-10(12,13)9(20(16,17)18)19-15-8(6-14)7-4-2-1-3-5-7/h1-5,9H,(H,16,17,18). The van der Waals surface area contributed by atoms with E-state index in [1.165, 1.54) is 30.3 Å². The second-order valence-electron chi connectivity index (χ2n) is 3.41. The molecule has 1 aromatic rings. The highest BCUT2D eigenvalue weighted by molar-refractivity contribution is 7.86. The molecule has 0 fully saturated rings. The topological polar surface area (TPSA) is 99.8 Å². The lowest BCUT2D eigenvalue weighted by Crippen LogP contribution is -2.37. The van der Waals surface area contributed by atoms with Crippen LogP contribution in [0.1, 0.15) is 5.56 Å². The molecule has 0 aliphatic carbocycles. The molecule has 0 radical (unpaired) electrons. The van der Waals surface area contributed by atoms with Gasteiger partial charge in [-0.3, -0.25) is 4.55 Å². The first kappa shape index (κ1) is 15.9. The Morgan fingerprint density at radius 3 is 2.30 bits per heavy atom. The number of benzene rings is 1. The molecule has 6 nitrogen and oxygen atoms in total. The van der Waals surface area contributed by atoms with Crippen LogP contribution in [0.4, 0.5) is 13.2 Å². The van der Waals surface area contributed by atoms with Gasteiger partial charge in [0.15, 0.2) is 5.71 Å². The monoisotopic (exact) mass is 308 g/mol. The molecule has 0 aliphatic heterocycles. The summed E-state index contributed by atoms with van der Waals surface area (Å²) in [5, 5.41) is 11.6. The first-order valence-corrected chi connectivity index (χ1v) is 6.39. The quantitative estimate of drug-likeness (QED) is 0.518. The molecule has 0 amide bonds. The number of alkyl halides is 3. The molecule has 1 rings (SSSR count). The van der Waals surface area contributed by atoms with Gasteiger partial charge in [0, 0.05) is 5.56 Å². The Morgan fingerprint density at radius 1 is 1.35 bits per heavy atom. The van der Waals surface area contributed by atoms with Crippen molar-refractivity contribution in [1.82, 2.24) is 0 Å². The lowest BCUT2D eigenvalue weighted by atomic mass is 10.1. The third-order valence-corrected chi connectivity index (χ3v) is 2.83. The normalized spacial score (nSPS) is 14.4. The van der Waals surface area contributed by atoms with E-state index in [1.807, 2.05) is 0 Å². The smallest absolute Gasteiger partial charge is 0.362 e. The average Bonchev–Trinajstić information content (AvgIpc) is 2.32. The van der Waals surface area contributed by atoms with Crippen LogP contribution in [0.5, 0.6) is 0 Å². The Hall–Kier alpha value is -2.12. The molecular formula is C10H7F3N2O4S. The highest BCUT2D eigenvalue weighted by atomic mass is 32.2. The molecule has 0 spiro atoms. The van der Waals surface area contributed by atoms with Gasteiger partial charge in [-0.2, -0.15) is 26.9 Å². The predicted octanol–water partition coefficient (Wildman–Crippen LogP) is 1.71. The summed E-state index contributed by atoms with van der Waals surface area (Å²) in [7, 11) is -5.57. The van der Waals surface area contributed by atoms with Crippen molar-refractivity contribution in [3.8, 4) is 6.07 Å². The van der Waals surface area contributed by atoms with Gasteiger partial charge >= 0.3 is 21.7 Å². The molecule has 0 heterocycles. The van der Waals surface area contributed by atoms with Crippen molar-refractivity contribution in [3.63, 3.8) is 0 Å². The van der Waals surface area contributed by atoms with E-state index in [0.29, 0.717) is 0 Å². The Morgan fingerprint density at radius 2 is 1.90 bits per heavy atom. The molecule has 20 heavy (non-hydrogen) atoms. The van der Waals surface area contributed by atoms with Gasteiger partial charge in [-0.05, 0) is 0 Å². The molecule has 0 saturated carbocycles. The molecule has 10 heteroatoms. The van der Waals surface area contributed by atoms with Gasteiger partial charge in [-0.1, -0.05) is 35.5 Å². The van der Waals surface area contributed by atoms with E-state index in [1.54, 1.807) is 6.07 Å². The van der Waals surface area contributed by atoms with Crippen molar-refractivity contribution < 1.29 is 31.0 Å². The van der Waals surface area contributed by atoms with Crippen LogP contribution in [0.15, 0.2) is 35.5 Å². The fraction of sp³-hybridized carbons (Fsp3) is 0.200. The van der Waals surface area contributed by atoms with Crippen molar-refractivity contribution in [2.75, 3.05) is 0 Å². The van der Waals surface area contributed by atoms with Crippen LogP contribution in [0.2, 0.25) is 0 Å². The van der Waals surface area contributed by atoms with Crippen LogP contribution in [-0.2, 0) is 15.0 Å². The summed E-state index contributed by atoms with van der Waals surface area (Å²) < 4.78 is 66.7. The molecule has 1 aromatic carbocycles. The van der Waals surface area contributed by atoms with E-state index >= 15 is 0 Å². The summed E-state index contributed by atoms with van der Waals surface area (Å²) in [5.41, 5.74) is -3.99. The van der Waals surface area contributed by atoms with Gasteiger partial charge in [0.05, 0.1) is 0 Å². The number of nitrogens with zero attached hydrogens (tertiary/aromatic N) is 2. The van der Waals surface area contributed by atoms with Crippen molar-refractivity contribution >= 4 is 15.8 Å². The Balaban J connectivity index is 3.07. The van der Waals surface area contributed by atoms with E-state index in [2.05, 4.69) is 9.99 Å². The minimum atomic E-state index is -5.57. The van der Waals surface area contributed by atoms with Crippen LogP contribution in [0, 0.1) is 11.3 Å². The lowest BCUT2D eigenvalue weighted by molar-refractivity contribution is -0.192. The maximum atomic E-state index is 12.4. The van der Waals surface area contributed by atoms with Gasteiger partial charge in [-0.25, -0.2) is 0 Å². The van der Waals surface area contributed by atoms with Crippen LogP contribution in [0.3, 0.4) is 0 Å². The molecule has 0 bridgehead atoms. The fourth-order valence-electron chi connectivity index (χ4n) is 1.12. The Kier molecular flexibility index (Phi) is 4.69. The minimum Gasteiger partial charge on any atom is -0.362 e. The lowest BCUT2D eigenvalue weighted by Gasteiger charge is -2.14. The predicted molar refractivity (Wildman–Crippen MR) is 61.1 cm³/mol. The second kappa shape index (κ2) is 5.89. The zero-order valence-electron chi connectivity index (χ0n) is 9.57. The molecule has 1 N–H and O–H groups in total. The fourth-order valence-corrected chi connectivity index (χ4v) is 1.61. The SMILES string of the molecule is N#CC(=NOC(C(F)(F)F)S(=O)(=O)O)c1ccccc1. The number of halogens is 3. The number of hydrogen-bond donors (Lipinski definition) is 1. The maximum absolute atomic E-state index is 12.4. The van der Waals surface area contributed by atoms with Gasteiger partial charge in [0.2, 0.25) is 0 Å². The van der Waals surface area contributed by atoms with E-state index in [9.17, 15) is 21.6 Å². The highest BCUT2D eigenvalue weighted by Gasteiger charge is 2.51. The second-order valence-corrected chi connectivity index (χ2v) is 4.87. The van der Waals surface area contributed by atoms with Crippen molar-refractivity contribution in [2.24, 2.45) is 5.16 Å². The summed E-state index contributed by atoms with van der Waals surface area (Å²) in [4.78, 5) is 3.78. The largest absolute Gasteiger partial charge is 0.445 e. The number of oxime groups is 1. The molecule has 1 atom stereocenters. The van der Waals surface area contributed by atoms with Crippen LogP contribution in [-0.4, -0.2) is 30.3 Å². The number of hydrogen-bond acceptors (Lipinski definition) is 5. The summed E-state index contributed by atoms with van der Waals surface area (Å²) >= 11 is 0.